The van der Waals surface area contributed by atoms with E-state index < -0.39 is 18.1 Å². The highest BCUT2D eigenvalue weighted by Gasteiger charge is 2.36. The smallest absolute Gasteiger partial charge is 0.430 e. The second-order valence-electron chi connectivity index (χ2n) is 5.38. The number of fused-ring (bicyclic) bond motifs is 1. The van der Waals surface area contributed by atoms with E-state index in [0.717, 1.165) is 31.0 Å². The average Bonchev–Trinajstić information content (AvgIpc) is 3.21. The molecule has 1 aromatic rings. The van der Waals surface area contributed by atoms with Crippen molar-refractivity contribution in [2.24, 2.45) is 5.73 Å². The minimum atomic E-state index is -5.19. The summed E-state index contributed by atoms with van der Waals surface area (Å²) in [6.07, 6.45) is -2.82. The Morgan fingerprint density at radius 2 is 1.91 bits per heavy atom. The molecule has 4 N–H and O–H groups in total. The van der Waals surface area contributed by atoms with E-state index in [9.17, 15) is 18.0 Å². The van der Waals surface area contributed by atoms with Gasteiger partial charge in [0.1, 0.15) is 12.5 Å². The van der Waals surface area contributed by atoms with Crippen LogP contribution >= 0.6 is 11.6 Å². The second kappa shape index (κ2) is 6.40. The van der Waals surface area contributed by atoms with Gasteiger partial charge in [0.05, 0.1) is 29.4 Å². The standard InChI is InChI=1S/C11H14ClN3O.C2HF3O2/c12-9-8(11(13)16)7-5-14-3-4-15(7)10(9)6-1-2-6;3-2(4,5)1(6)7/h6,14H,1-5H2,(H2,13,16);(H,6,7). The van der Waals surface area contributed by atoms with Crippen molar-refractivity contribution in [3.05, 3.63) is 22.0 Å². The molecule has 1 aliphatic heterocycles. The van der Waals surface area contributed by atoms with Crippen molar-refractivity contribution in [1.82, 2.24) is 4.57 Å². The average molecular weight is 354 g/mol. The molecule has 0 radical (unpaired) electrons. The SMILES string of the molecule is NC(=O)c1c(Cl)c(C2CC2)n2c1C[NH2+]CC2.O=C([O-])C(F)(F)F. The molecule has 3 rings (SSSR count). The van der Waals surface area contributed by atoms with Gasteiger partial charge < -0.3 is 25.5 Å². The zero-order valence-electron chi connectivity index (χ0n) is 12.0. The lowest BCUT2D eigenvalue weighted by Crippen LogP contribution is -2.85. The molecular weight excluding hydrogens is 339 g/mol. The van der Waals surface area contributed by atoms with Gasteiger partial charge in [-0.2, -0.15) is 13.2 Å². The Hall–Kier alpha value is -1.74. The molecule has 0 unspecified atom stereocenters. The maximum absolute atomic E-state index is 11.5. The van der Waals surface area contributed by atoms with Gasteiger partial charge in [-0.3, -0.25) is 4.79 Å². The van der Waals surface area contributed by atoms with Gasteiger partial charge in [-0.05, 0) is 12.8 Å². The minimum absolute atomic E-state index is 0.393. The van der Waals surface area contributed by atoms with Gasteiger partial charge in [0.2, 0.25) is 0 Å². The molecule has 1 fully saturated rings. The van der Waals surface area contributed by atoms with Gasteiger partial charge >= 0.3 is 6.18 Å². The van der Waals surface area contributed by atoms with Gasteiger partial charge in [0, 0.05) is 11.6 Å². The van der Waals surface area contributed by atoms with E-state index in [1.165, 1.54) is 12.8 Å². The Morgan fingerprint density at radius 1 is 1.35 bits per heavy atom. The molecule has 23 heavy (non-hydrogen) atoms. The monoisotopic (exact) mass is 353 g/mol. The molecule has 1 saturated carbocycles. The van der Waals surface area contributed by atoms with Gasteiger partial charge in [-0.1, -0.05) is 11.6 Å². The molecule has 0 bridgehead atoms. The van der Waals surface area contributed by atoms with Crippen LogP contribution in [0.15, 0.2) is 0 Å². The second-order valence-corrected chi connectivity index (χ2v) is 5.76. The van der Waals surface area contributed by atoms with Crippen LogP contribution in [0.2, 0.25) is 5.02 Å². The number of primary amides is 1. The summed E-state index contributed by atoms with van der Waals surface area (Å²) in [5.74, 6) is -2.85. The summed E-state index contributed by atoms with van der Waals surface area (Å²) in [6, 6.07) is 0. The molecule has 0 aromatic carbocycles. The highest BCUT2D eigenvalue weighted by Crippen LogP contribution is 2.46. The Morgan fingerprint density at radius 3 is 2.35 bits per heavy atom. The fraction of sp³-hybridized carbons (Fsp3) is 0.538. The lowest BCUT2D eigenvalue weighted by atomic mass is 10.2. The van der Waals surface area contributed by atoms with E-state index in [0.29, 0.717) is 16.5 Å². The third kappa shape index (κ3) is 3.78. The lowest BCUT2D eigenvalue weighted by molar-refractivity contribution is -0.677. The molecule has 2 heterocycles. The summed E-state index contributed by atoms with van der Waals surface area (Å²) in [7, 11) is 0. The Balaban J connectivity index is 0.000000236. The van der Waals surface area contributed by atoms with Gasteiger partial charge in [-0.25, -0.2) is 0 Å². The number of aliphatic carboxylic acids is 1. The number of amides is 1. The number of alkyl halides is 3. The van der Waals surface area contributed by atoms with Crippen LogP contribution in [0.4, 0.5) is 13.2 Å². The first kappa shape index (κ1) is 17.6. The number of halogens is 4. The largest absolute Gasteiger partial charge is 0.542 e. The molecule has 0 atom stereocenters. The first-order chi connectivity index (χ1) is 10.6. The van der Waals surface area contributed by atoms with Crippen LogP contribution in [0.5, 0.6) is 0 Å². The van der Waals surface area contributed by atoms with Crippen molar-refractivity contribution in [2.75, 3.05) is 6.54 Å². The maximum Gasteiger partial charge on any atom is 0.430 e. The molecule has 6 nitrogen and oxygen atoms in total. The van der Waals surface area contributed by atoms with Gasteiger partial charge in [-0.15, -0.1) is 0 Å². The van der Waals surface area contributed by atoms with E-state index in [1.807, 2.05) is 0 Å². The van der Waals surface area contributed by atoms with E-state index >= 15 is 0 Å². The number of hydrogen-bond acceptors (Lipinski definition) is 3. The molecule has 128 valence electrons. The molecule has 2 aliphatic rings. The van der Waals surface area contributed by atoms with E-state index in [2.05, 4.69) is 9.88 Å². The van der Waals surface area contributed by atoms with Crippen molar-refractivity contribution in [3.8, 4) is 0 Å². The zero-order valence-corrected chi connectivity index (χ0v) is 12.7. The quantitative estimate of drug-likeness (QED) is 0.748. The van der Waals surface area contributed by atoms with E-state index in [1.54, 1.807) is 0 Å². The van der Waals surface area contributed by atoms with Crippen LogP contribution in [0.1, 0.15) is 40.5 Å². The van der Waals surface area contributed by atoms with Gasteiger partial charge in [0.25, 0.3) is 5.91 Å². The zero-order chi connectivity index (χ0) is 17.4. The predicted molar refractivity (Wildman–Crippen MR) is 71.5 cm³/mol. The molecular formula is C13H15ClF3N3O3. The summed E-state index contributed by atoms with van der Waals surface area (Å²) in [4.78, 5) is 20.2. The van der Waals surface area contributed by atoms with Gasteiger partial charge in [0.15, 0.2) is 0 Å². The first-order valence-electron chi connectivity index (χ1n) is 6.95. The van der Waals surface area contributed by atoms with Crippen molar-refractivity contribution in [3.63, 3.8) is 0 Å². The highest BCUT2D eigenvalue weighted by atomic mass is 35.5. The summed E-state index contributed by atoms with van der Waals surface area (Å²) < 4.78 is 33.8. The van der Waals surface area contributed by atoms with Crippen LogP contribution in [0.25, 0.3) is 0 Å². The predicted octanol–water partition coefficient (Wildman–Crippen LogP) is -0.507. The molecule has 10 heteroatoms. The first-order valence-corrected chi connectivity index (χ1v) is 7.32. The third-order valence-electron chi connectivity index (χ3n) is 3.69. The van der Waals surface area contributed by atoms with Crippen LogP contribution in [0, 0.1) is 0 Å². The molecule has 1 amide bonds. The fourth-order valence-corrected chi connectivity index (χ4v) is 3.05. The number of aromatic nitrogens is 1. The highest BCUT2D eigenvalue weighted by molar-refractivity contribution is 6.35. The van der Waals surface area contributed by atoms with Crippen LogP contribution < -0.4 is 16.2 Å². The number of hydrogen-bond donors (Lipinski definition) is 2. The van der Waals surface area contributed by atoms with Crippen LogP contribution in [-0.2, 0) is 17.9 Å². The third-order valence-corrected chi connectivity index (χ3v) is 4.07. The summed E-state index contributed by atoms with van der Waals surface area (Å²) in [6.45, 7) is 2.80. The number of nitrogens with two attached hydrogens (primary N) is 2. The summed E-state index contributed by atoms with van der Waals surface area (Å²) in [5, 5.41) is 11.6. The Kier molecular flexibility index (Phi) is 4.90. The number of carbonyl (C=O) groups excluding carboxylic acids is 2. The van der Waals surface area contributed by atoms with Crippen molar-refractivity contribution >= 4 is 23.5 Å². The molecule has 1 aromatic heterocycles. The normalized spacial score (nSPS) is 17.0. The summed E-state index contributed by atoms with van der Waals surface area (Å²) in [5.41, 5.74) is 8.15. The fourth-order valence-electron chi connectivity index (χ4n) is 2.59. The Labute approximate surface area is 134 Å². The lowest BCUT2D eigenvalue weighted by Gasteiger charge is -2.17. The number of quaternary nitrogens is 1. The van der Waals surface area contributed by atoms with Crippen molar-refractivity contribution in [1.29, 1.82) is 0 Å². The number of carbonyl (C=O) groups is 2. The molecule has 0 spiro atoms. The topological polar surface area (TPSA) is 105 Å². The maximum atomic E-state index is 11.5. The van der Waals surface area contributed by atoms with Crippen molar-refractivity contribution < 1.29 is 33.2 Å². The molecule has 0 saturated heterocycles. The number of nitrogens with zero attached hydrogens (tertiary/aromatic N) is 1. The number of carboxylic acid groups (broad SMARTS) is 1. The number of carboxylic acids is 1. The van der Waals surface area contributed by atoms with Crippen LogP contribution in [0.3, 0.4) is 0 Å². The van der Waals surface area contributed by atoms with E-state index in [4.69, 9.17) is 27.2 Å². The number of rotatable bonds is 2. The molecule has 1 aliphatic carbocycles. The summed E-state index contributed by atoms with van der Waals surface area (Å²) >= 11 is 6.31. The Bertz CT molecular complexity index is 639. The van der Waals surface area contributed by atoms with Crippen LogP contribution in [-0.4, -0.2) is 29.2 Å². The van der Waals surface area contributed by atoms with E-state index in [-0.39, 0.29) is 0 Å². The van der Waals surface area contributed by atoms with Crippen molar-refractivity contribution in [2.45, 2.75) is 38.0 Å². The minimum Gasteiger partial charge on any atom is -0.542 e.